The molecule has 5 nitrogen and oxygen atoms in total. The van der Waals surface area contributed by atoms with Crippen LogP contribution in [0.2, 0.25) is 0 Å². The van der Waals surface area contributed by atoms with Gasteiger partial charge in [-0.15, -0.1) is 0 Å². The number of nitrogens with zero attached hydrogens (tertiary/aromatic N) is 2. The van der Waals surface area contributed by atoms with Crippen molar-refractivity contribution in [2.45, 2.75) is 45.4 Å². The zero-order valence-electron chi connectivity index (χ0n) is 10.2. The van der Waals surface area contributed by atoms with Crippen molar-refractivity contribution in [1.29, 1.82) is 0 Å². The molecule has 1 aliphatic carbocycles. The smallest absolute Gasteiger partial charge is 0.307 e. The average molecular weight is 238 g/mol. The highest BCUT2D eigenvalue weighted by atomic mass is 16.5. The topological polar surface area (TPSA) is 76.2 Å². The van der Waals surface area contributed by atoms with Gasteiger partial charge in [-0.3, -0.25) is 4.79 Å². The van der Waals surface area contributed by atoms with Crippen molar-refractivity contribution in [3.8, 4) is 0 Å². The summed E-state index contributed by atoms with van der Waals surface area (Å²) in [5, 5.41) is 13.0. The van der Waals surface area contributed by atoms with E-state index in [1.807, 2.05) is 0 Å². The fourth-order valence-electron chi connectivity index (χ4n) is 2.42. The molecule has 2 rings (SSSR count). The second-order valence-corrected chi connectivity index (χ2v) is 5.13. The van der Waals surface area contributed by atoms with E-state index in [1.54, 1.807) is 0 Å². The molecule has 94 valence electrons. The predicted octanol–water partition coefficient (Wildman–Crippen LogP) is 2.24. The van der Waals surface area contributed by atoms with E-state index in [9.17, 15) is 4.79 Å². The van der Waals surface area contributed by atoms with Crippen molar-refractivity contribution >= 4 is 5.97 Å². The molecule has 2 unspecified atom stereocenters. The lowest BCUT2D eigenvalue weighted by atomic mass is 9.96. The fourth-order valence-corrected chi connectivity index (χ4v) is 2.42. The SMILES string of the molecule is CC(C)Cc1noc(C2CCCC2C(=O)O)n1. The van der Waals surface area contributed by atoms with Crippen molar-refractivity contribution in [3.05, 3.63) is 11.7 Å². The van der Waals surface area contributed by atoms with Crippen LogP contribution in [0.4, 0.5) is 0 Å². The summed E-state index contributed by atoms with van der Waals surface area (Å²) in [7, 11) is 0. The van der Waals surface area contributed by atoms with Crippen LogP contribution in [0.25, 0.3) is 0 Å². The lowest BCUT2D eigenvalue weighted by molar-refractivity contribution is -0.142. The first-order valence-corrected chi connectivity index (χ1v) is 6.13. The molecule has 1 saturated carbocycles. The normalized spacial score (nSPS) is 24.4. The summed E-state index contributed by atoms with van der Waals surface area (Å²) in [5.74, 6) is 0.454. The number of carboxylic acid groups (broad SMARTS) is 1. The van der Waals surface area contributed by atoms with Crippen LogP contribution in [0.3, 0.4) is 0 Å². The monoisotopic (exact) mass is 238 g/mol. The molecule has 1 fully saturated rings. The van der Waals surface area contributed by atoms with Crippen molar-refractivity contribution in [2.24, 2.45) is 11.8 Å². The van der Waals surface area contributed by atoms with E-state index in [2.05, 4.69) is 24.0 Å². The lowest BCUT2D eigenvalue weighted by Gasteiger charge is -2.10. The number of carboxylic acids is 1. The first-order chi connectivity index (χ1) is 8.08. The third-order valence-corrected chi connectivity index (χ3v) is 3.22. The summed E-state index contributed by atoms with van der Waals surface area (Å²) in [6, 6.07) is 0. The molecule has 0 spiro atoms. The molecular formula is C12H18N2O3. The van der Waals surface area contributed by atoms with Crippen LogP contribution in [0.1, 0.15) is 50.7 Å². The number of rotatable bonds is 4. The standard InChI is InChI=1S/C12H18N2O3/c1-7(2)6-10-13-11(17-14-10)8-4-3-5-9(8)12(15)16/h7-9H,3-6H2,1-2H3,(H,15,16). The first-order valence-electron chi connectivity index (χ1n) is 6.13. The van der Waals surface area contributed by atoms with Crippen molar-refractivity contribution < 1.29 is 14.4 Å². The van der Waals surface area contributed by atoms with Crippen LogP contribution < -0.4 is 0 Å². The molecule has 1 heterocycles. The second-order valence-electron chi connectivity index (χ2n) is 5.13. The first kappa shape index (κ1) is 12.1. The number of aliphatic carboxylic acids is 1. The fraction of sp³-hybridized carbons (Fsp3) is 0.750. The Kier molecular flexibility index (Phi) is 3.45. The van der Waals surface area contributed by atoms with Crippen molar-refractivity contribution in [3.63, 3.8) is 0 Å². The van der Waals surface area contributed by atoms with Gasteiger partial charge >= 0.3 is 5.97 Å². The Labute approximate surface area is 100 Å². The maximum atomic E-state index is 11.1. The molecule has 2 atom stereocenters. The van der Waals surface area contributed by atoms with E-state index in [0.29, 0.717) is 24.1 Å². The van der Waals surface area contributed by atoms with E-state index < -0.39 is 5.97 Å². The number of carbonyl (C=O) groups is 1. The molecule has 1 aliphatic rings. The Morgan fingerprint density at radius 3 is 2.94 bits per heavy atom. The Hall–Kier alpha value is -1.39. The van der Waals surface area contributed by atoms with Crippen LogP contribution in [0.5, 0.6) is 0 Å². The molecule has 5 heteroatoms. The van der Waals surface area contributed by atoms with Crippen LogP contribution in [0.15, 0.2) is 4.52 Å². The van der Waals surface area contributed by atoms with E-state index in [4.69, 9.17) is 9.63 Å². The van der Waals surface area contributed by atoms with Crippen LogP contribution in [0, 0.1) is 11.8 Å². The number of aromatic nitrogens is 2. The average Bonchev–Trinajstić information content (AvgIpc) is 2.82. The molecule has 1 aromatic rings. The summed E-state index contributed by atoms with van der Waals surface area (Å²) in [4.78, 5) is 15.4. The molecule has 0 amide bonds. The summed E-state index contributed by atoms with van der Waals surface area (Å²) in [6.45, 7) is 4.18. The van der Waals surface area contributed by atoms with E-state index in [-0.39, 0.29) is 11.8 Å². The van der Waals surface area contributed by atoms with Gasteiger partial charge in [-0.1, -0.05) is 25.4 Å². The van der Waals surface area contributed by atoms with Crippen LogP contribution in [-0.4, -0.2) is 21.2 Å². The van der Waals surface area contributed by atoms with E-state index in [1.165, 1.54) is 0 Å². The van der Waals surface area contributed by atoms with Crippen LogP contribution >= 0.6 is 0 Å². The van der Waals surface area contributed by atoms with Crippen molar-refractivity contribution in [1.82, 2.24) is 10.1 Å². The highest BCUT2D eigenvalue weighted by Gasteiger charge is 2.37. The minimum atomic E-state index is -0.754. The summed E-state index contributed by atoms with van der Waals surface area (Å²) >= 11 is 0. The largest absolute Gasteiger partial charge is 0.481 e. The Balaban J connectivity index is 2.11. The van der Waals surface area contributed by atoms with Gasteiger partial charge in [0.05, 0.1) is 11.8 Å². The van der Waals surface area contributed by atoms with Gasteiger partial charge in [0.2, 0.25) is 5.89 Å². The molecule has 0 aliphatic heterocycles. The Morgan fingerprint density at radius 1 is 1.53 bits per heavy atom. The molecule has 0 aromatic carbocycles. The zero-order valence-corrected chi connectivity index (χ0v) is 10.2. The summed E-state index contributed by atoms with van der Waals surface area (Å²) in [6.07, 6.45) is 3.24. The molecule has 1 aromatic heterocycles. The second kappa shape index (κ2) is 4.85. The van der Waals surface area contributed by atoms with Crippen molar-refractivity contribution in [2.75, 3.05) is 0 Å². The third kappa shape index (κ3) is 2.65. The molecular weight excluding hydrogens is 220 g/mol. The zero-order chi connectivity index (χ0) is 12.4. The number of hydrogen-bond donors (Lipinski definition) is 1. The molecule has 1 N–H and O–H groups in total. The summed E-state index contributed by atoms with van der Waals surface area (Å²) < 4.78 is 5.21. The van der Waals surface area contributed by atoms with E-state index in [0.717, 1.165) is 19.3 Å². The molecule has 17 heavy (non-hydrogen) atoms. The lowest BCUT2D eigenvalue weighted by Crippen LogP contribution is -2.17. The van der Waals surface area contributed by atoms with Gasteiger partial charge in [0.15, 0.2) is 5.82 Å². The van der Waals surface area contributed by atoms with Gasteiger partial charge in [0.1, 0.15) is 0 Å². The predicted molar refractivity (Wildman–Crippen MR) is 60.6 cm³/mol. The maximum absolute atomic E-state index is 11.1. The Morgan fingerprint density at radius 2 is 2.29 bits per heavy atom. The quantitative estimate of drug-likeness (QED) is 0.870. The molecule has 0 saturated heterocycles. The van der Waals surface area contributed by atoms with Crippen LogP contribution in [-0.2, 0) is 11.2 Å². The van der Waals surface area contributed by atoms with E-state index >= 15 is 0 Å². The highest BCUT2D eigenvalue weighted by Crippen LogP contribution is 2.38. The molecule has 0 bridgehead atoms. The minimum absolute atomic E-state index is 0.0964. The number of hydrogen-bond acceptors (Lipinski definition) is 4. The van der Waals surface area contributed by atoms with Gasteiger partial charge in [-0.25, -0.2) is 0 Å². The third-order valence-electron chi connectivity index (χ3n) is 3.22. The highest BCUT2D eigenvalue weighted by molar-refractivity contribution is 5.71. The summed E-state index contributed by atoms with van der Waals surface area (Å²) in [5.41, 5.74) is 0. The van der Waals surface area contributed by atoms with Gasteiger partial charge < -0.3 is 9.63 Å². The van der Waals surface area contributed by atoms with Gasteiger partial charge in [-0.05, 0) is 18.8 Å². The van der Waals surface area contributed by atoms with Gasteiger partial charge in [0, 0.05) is 6.42 Å². The Bertz CT molecular complexity index is 400. The van der Waals surface area contributed by atoms with Gasteiger partial charge in [-0.2, -0.15) is 4.98 Å². The molecule has 0 radical (unpaired) electrons. The minimum Gasteiger partial charge on any atom is -0.481 e. The van der Waals surface area contributed by atoms with Gasteiger partial charge in [0.25, 0.3) is 0 Å². The maximum Gasteiger partial charge on any atom is 0.307 e.